The Morgan fingerprint density at radius 3 is 1.05 bits per heavy atom. The molecule has 0 saturated heterocycles. The highest BCUT2D eigenvalue weighted by Crippen LogP contribution is 2.12. The number of hydrogen-bond donors (Lipinski definition) is 0. The second-order valence-electron chi connectivity index (χ2n) is 16.5. The molecule has 0 heterocycles. The van der Waals surface area contributed by atoms with Crippen molar-refractivity contribution in [2.45, 2.75) is 226 Å². The van der Waals surface area contributed by atoms with Gasteiger partial charge in [0.05, 0.1) is 0 Å². The zero-order valence-corrected chi connectivity index (χ0v) is 40.1. The molecule has 0 bridgehead atoms. The Kier molecular flexibility index (Phi) is 47.0. The molecule has 0 spiro atoms. The van der Waals surface area contributed by atoms with Gasteiger partial charge >= 0.3 is 17.9 Å². The van der Waals surface area contributed by atoms with Crippen molar-refractivity contribution in [3.05, 3.63) is 97.2 Å². The maximum absolute atomic E-state index is 12.8. The Balaban J connectivity index is 4.54. The minimum absolute atomic E-state index is 0.113. The van der Waals surface area contributed by atoms with E-state index in [4.69, 9.17) is 14.2 Å². The van der Waals surface area contributed by atoms with Crippen LogP contribution < -0.4 is 0 Å². The summed E-state index contributed by atoms with van der Waals surface area (Å²) < 4.78 is 16.7. The van der Waals surface area contributed by atoms with Crippen molar-refractivity contribution in [1.82, 2.24) is 0 Å². The van der Waals surface area contributed by atoms with Crippen LogP contribution in [0, 0.1) is 0 Å². The summed E-state index contributed by atoms with van der Waals surface area (Å²) in [5.41, 5.74) is 0. The van der Waals surface area contributed by atoms with Gasteiger partial charge in [-0.15, -0.1) is 0 Å². The van der Waals surface area contributed by atoms with Gasteiger partial charge in [-0.05, 0) is 89.9 Å². The third-order valence-electron chi connectivity index (χ3n) is 10.4. The van der Waals surface area contributed by atoms with Crippen molar-refractivity contribution < 1.29 is 28.6 Å². The zero-order chi connectivity index (χ0) is 45.1. The standard InChI is InChI=1S/C56H92O6/c1-4-7-10-13-16-19-22-25-27-29-31-34-37-40-43-46-49-55(58)61-52-53(51-60-54(57)48-45-42-39-36-33-30-24-21-18-15-12-9-6-3)62-56(59)50-47-44-41-38-35-32-28-26-23-20-17-14-11-8-5-2/h8,11,14,17,20,23,26-35,53H,4-7,9-10,12-13,15-16,18-19,21-22,24-25,36-52H2,1-3H3/b11-8-,17-14-,23-20-,28-26-,29-27-,33-30-,34-31-,35-32-. The molecule has 0 amide bonds. The molecule has 1 unspecified atom stereocenters. The normalized spacial score (nSPS) is 12.9. The van der Waals surface area contributed by atoms with Crippen molar-refractivity contribution in [3.8, 4) is 0 Å². The Labute approximate surface area is 381 Å². The SMILES string of the molecule is CC\C=C/C=C\C=C/C=C\C=C/CCCCCC(=O)OC(COC(=O)CCCCC/C=C\C=C/CCCCCCCCC)COC(=O)CCCCC/C=C\CCCCCCCC. The molecule has 62 heavy (non-hydrogen) atoms. The number of rotatable bonds is 44. The van der Waals surface area contributed by atoms with E-state index in [9.17, 15) is 14.4 Å². The maximum Gasteiger partial charge on any atom is 0.306 e. The summed E-state index contributed by atoms with van der Waals surface area (Å²) in [6.07, 6.45) is 65.3. The number of hydrogen-bond acceptors (Lipinski definition) is 6. The van der Waals surface area contributed by atoms with Crippen LogP contribution in [-0.4, -0.2) is 37.2 Å². The van der Waals surface area contributed by atoms with Crippen molar-refractivity contribution in [2.75, 3.05) is 13.2 Å². The number of ether oxygens (including phenoxy) is 3. The van der Waals surface area contributed by atoms with Gasteiger partial charge in [-0.2, -0.15) is 0 Å². The molecule has 0 N–H and O–H groups in total. The van der Waals surface area contributed by atoms with E-state index in [0.29, 0.717) is 19.3 Å². The molecule has 1 atom stereocenters. The third kappa shape index (κ3) is 47.4. The van der Waals surface area contributed by atoms with Crippen LogP contribution in [0.3, 0.4) is 0 Å². The largest absolute Gasteiger partial charge is 0.462 e. The maximum atomic E-state index is 12.8. The Morgan fingerprint density at radius 2 is 0.645 bits per heavy atom. The van der Waals surface area contributed by atoms with Gasteiger partial charge in [0.25, 0.3) is 0 Å². The number of carbonyl (C=O) groups is 3. The topological polar surface area (TPSA) is 78.9 Å². The summed E-state index contributed by atoms with van der Waals surface area (Å²) in [6.45, 7) is 6.39. The molecule has 0 aromatic carbocycles. The molecule has 0 saturated carbocycles. The van der Waals surface area contributed by atoms with E-state index in [2.05, 4.69) is 69.4 Å². The first-order valence-electron chi connectivity index (χ1n) is 25.3. The molecule has 6 heteroatoms. The molecule has 0 radical (unpaired) electrons. The monoisotopic (exact) mass is 861 g/mol. The van der Waals surface area contributed by atoms with E-state index < -0.39 is 6.10 Å². The molecule has 0 fully saturated rings. The number of carbonyl (C=O) groups excluding carboxylic acids is 3. The van der Waals surface area contributed by atoms with Gasteiger partial charge in [0.2, 0.25) is 0 Å². The molecular formula is C56H92O6. The highest BCUT2D eigenvalue weighted by atomic mass is 16.6. The lowest BCUT2D eigenvalue weighted by atomic mass is 10.1. The molecule has 0 aliphatic rings. The predicted molar refractivity (Wildman–Crippen MR) is 265 cm³/mol. The van der Waals surface area contributed by atoms with Gasteiger partial charge in [-0.25, -0.2) is 0 Å². The molecule has 0 aromatic rings. The minimum Gasteiger partial charge on any atom is -0.462 e. The molecule has 0 aromatic heterocycles. The Bertz CT molecular complexity index is 1260. The lowest BCUT2D eigenvalue weighted by molar-refractivity contribution is -0.167. The molecule has 6 nitrogen and oxygen atoms in total. The number of unbranched alkanes of at least 4 members (excludes halogenated alkanes) is 22. The smallest absolute Gasteiger partial charge is 0.306 e. The molecular weight excluding hydrogens is 769 g/mol. The van der Waals surface area contributed by atoms with E-state index in [0.717, 1.165) is 89.9 Å². The van der Waals surface area contributed by atoms with Crippen molar-refractivity contribution in [1.29, 1.82) is 0 Å². The highest BCUT2D eigenvalue weighted by Gasteiger charge is 2.19. The van der Waals surface area contributed by atoms with Gasteiger partial charge < -0.3 is 14.2 Å². The van der Waals surface area contributed by atoms with Crippen LogP contribution in [0.5, 0.6) is 0 Å². The van der Waals surface area contributed by atoms with Crippen molar-refractivity contribution in [3.63, 3.8) is 0 Å². The average molecular weight is 861 g/mol. The fourth-order valence-corrected chi connectivity index (χ4v) is 6.62. The third-order valence-corrected chi connectivity index (χ3v) is 10.4. The fraction of sp³-hybridized carbons (Fsp3) is 0.661. The second kappa shape index (κ2) is 50.0. The number of esters is 3. The van der Waals surface area contributed by atoms with Gasteiger partial charge in [-0.3, -0.25) is 14.4 Å². The molecule has 0 aliphatic carbocycles. The van der Waals surface area contributed by atoms with Crippen LogP contribution in [0.15, 0.2) is 97.2 Å². The summed E-state index contributed by atoms with van der Waals surface area (Å²) in [4.78, 5) is 37.9. The Morgan fingerprint density at radius 1 is 0.339 bits per heavy atom. The predicted octanol–water partition coefficient (Wildman–Crippen LogP) is 16.6. The van der Waals surface area contributed by atoms with Gasteiger partial charge in [0.15, 0.2) is 6.10 Å². The first kappa shape index (κ1) is 58.3. The van der Waals surface area contributed by atoms with E-state index in [1.807, 2.05) is 48.6 Å². The molecule has 0 rings (SSSR count). The highest BCUT2D eigenvalue weighted by molar-refractivity contribution is 5.71. The first-order chi connectivity index (χ1) is 30.5. The van der Waals surface area contributed by atoms with Crippen molar-refractivity contribution >= 4 is 17.9 Å². The summed E-state index contributed by atoms with van der Waals surface area (Å²) in [5, 5.41) is 0. The van der Waals surface area contributed by atoms with Crippen molar-refractivity contribution in [2.24, 2.45) is 0 Å². The van der Waals surface area contributed by atoms with Crippen LogP contribution >= 0.6 is 0 Å². The van der Waals surface area contributed by atoms with Crippen LogP contribution in [0.2, 0.25) is 0 Å². The van der Waals surface area contributed by atoms with E-state index in [-0.39, 0.29) is 37.5 Å². The second-order valence-corrected chi connectivity index (χ2v) is 16.5. The summed E-state index contributed by atoms with van der Waals surface area (Å²) >= 11 is 0. The van der Waals surface area contributed by atoms with Crippen LogP contribution in [0.4, 0.5) is 0 Å². The lowest BCUT2D eigenvalue weighted by Gasteiger charge is -2.18. The van der Waals surface area contributed by atoms with E-state index in [1.54, 1.807) is 0 Å². The summed E-state index contributed by atoms with van der Waals surface area (Å²) in [5.74, 6) is -1.00. The minimum atomic E-state index is -0.816. The van der Waals surface area contributed by atoms with Crippen LogP contribution in [0.25, 0.3) is 0 Å². The van der Waals surface area contributed by atoms with Crippen LogP contribution in [0.1, 0.15) is 220 Å². The fourth-order valence-electron chi connectivity index (χ4n) is 6.62. The lowest BCUT2D eigenvalue weighted by Crippen LogP contribution is -2.30. The van der Waals surface area contributed by atoms with Gasteiger partial charge in [0.1, 0.15) is 13.2 Å². The molecule has 352 valence electrons. The summed E-state index contributed by atoms with van der Waals surface area (Å²) in [6, 6.07) is 0. The Hall–Kier alpha value is -3.67. The van der Waals surface area contributed by atoms with E-state index in [1.165, 1.54) is 83.5 Å². The molecule has 0 aliphatic heterocycles. The average Bonchev–Trinajstić information content (AvgIpc) is 3.27. The van der Waals surface area contributed by atoms with E-state index >= 15 is 0 Å². The first-order valence-corrected chi connectivity index (χ1v) is 25.3. The van der Waals surface area contributed by atoms with Crippen LogP contribution in [-0.2, 0) is 28.6 Å². The number of allylic oxidation sites excluding steroid dienone is 16. The summed E-state index contributed by atoms with van der Waals surface area (Å²) in [7, 11) is 0. The van der Waals surface area contributed by atoms with Gasteiger partial charge in [-0.1, -0.05) is 208 Å². The van der Waals surface area contributed by atoms with Gasteiger partial charge in [0, 0.05) is 19.3 Å². The quantitative estimate of drug-likeness (QED) is 0.0200. The zero-order valence-electron chi connectivity index (χ0n) is 40.1.